The van der Waals surface area contributed by atoms with E-state index in [1.54, 1.807) is 18.6 Å². The van der Waals surface area contributed by atoms with E-state index >= 15 is 0 Å². The standard InChI is InChI=1S/C16H16N8OS/c17-24-15(21-19-10-12-5-4-8-18-9-12)22-23-16(24)26-11-14(25)20-13-6-2-1-3-7-13/h1-10H,11,17H2,(H,20,25)(H,21,22)/b19-10+. The first-order valence-electron chi connectivity index (χ1n) is 7.59. The van der Waals surface area contributed by atoms with Crippen LogP contribution in [-0.4, -0.2) is 37.7 Å². The Bertz CT molecular complexity index is 882. The minimum absolute atomic E-state index is 0.156. The molecule has 10 heteroatoms. The molecule has 3 rings (SSSR count). The first-order valence-corrected chi connectivity index (χ1v) is 8.58. The number of hydrogen-bond donors (Lipinski definition) is 3. The number of nitrogens with one attached hydrogen (secondary N) is 2. The van der Waals surface area contributed by atoms with Crippen molar-refractivity contribution in [3.63, 3.8) is 0 Å². The largest absolute Gasteiger partial charge is 0.334 e. The summed E-state index contributed by atoms with van der Waals surface area (Å²) in [6.45, 7) is 0. The van der Waals surface area contributed by atoms with Crippen molar-refractivity contribution >= 4 is 35.5 Å². The van der Waals surface area contributed by atoms with Crippen molar-refractivity contribution in [1.82, 2.24) is 19.9 Å². The Labute approximate surface area is 153 Å². The third-order valence-corrected chi connectivity index (χ3v) is 4.06. The van der Waals surface area contributed by atoms with Gasteiger partial charge in [0.25, 0.3) is 5.95 Å². The fourth-order valence-electron chi connectivity index (χ4n) is 1.92. The topological polar surface area (TPSA) is 123 Å². The van der Waals surface area contributed by atoms with Crippen molar-refractivity contribution in [3.8, 4) is 0 Å². The number of nitrogen functional groups attached to an aromatic ring is 1. The fraction of sp³-hybridized carbons (Fsp3) is 0.0625. The maximum absolute atomic E-state index is 12.0. The van der Waals surface area contributed by atoms with E-state index in [0.29, 0.717) is 5.16 Å². The summed E-state index contributed by atoms with van der Waals surface area (Å²) in [7, 11) is 0. The molecule has 1 amide bonds. The summed E-state index contributed by atoms with van der Waals surface area (Å²) in [6.07, 6.45) is 4.94. The van der Waals surface area contributed by atoms with E-state index in [2.05, 4.69) is 31.0 Å². The molecular formula is C16H16N8OS. The molecule has 26 heavy (non-hydrogen) atoms. The predicted octanol–water partition coefficient (Wildman–Crippen LogP) is 1.56. The summed E-state index contributed by atoms with van der Waals surface area (Å²) in [5, 5.41) is 15.1. The Morgan fingerprint density at radius 3 is 2.85 bits per heavy atom. The lowest BCUT2D eigenvalue weighted by Gasteiger charge is -2.05. The van der Waals surface area contributed by atoms with Gasteiger partial charge in [0.1, 0.15) is 0 Å². The van der Waals surface area contributed by atoms with Crippen LogP contribution in [0.2, 0.25) is 0 Å². The number of benzene rings is 1. The predicted molar refractivity (Wildman–Crippen MR) is 101 cm³/mol. The minimum Gasteiger partial charge on any atom is -0.334 e. The Morgan fingerprint density at radius 1 is 1.23 bits per heavy atom. The molecule has 0 radical (unpaired) electrons. The number of carbonyl (C=O) groups excluding carboxylic acids is 1. The van der Waals surface area contributed by atoms with Crippen molar-refractivity contribution in [1.29, 1.82) is 0 Å². The van der Waals surface area contributed by atoms with Gasteiger partial charge < -0.3 is 11.2 Å². The third kappa shape index (κ3) is 4.80. The molecule has 0 aliphatic carbocycles. The van der Waals surface area contributed by atoms with Crippen molar-refractivity contribution < 1.29 is 4.79 Å². The summed E-state index contributed by atoms with van der Waals surface area (Å²) >= 11 is 1.18. The Kier molecular flexibility index (Phi) is 5.78. The van der Waals surface area contributed by atoms with E-state index in [9.17, 15) is 4.79 Å². The van der Waals surface area contributed by atoms with Gasteiger partial charge in [0.2, 0.25) is 11.1 Å². The summed E-state index contributed by atoms with van der Waals surface area (Å²) in [4.78, 5) is 15.9. The van der Waals surface area contributed by atoms with Crippen molar-refractivity contribution in [2.24, 2.45) is 5.10 Å². The zero-order valence-corrected chi connectivity index (χ0v) is 14.4. The zero-order valence-electron chi connectivity index (χ0n) is 13.6. The molecule has 4 N–H and O–H groups in total. The van der Waals surface area contributed by atoms with Crippen LogP contribution in [0.4, 0.5) is 11.6 Å². The monoisotopic (exact) mass is 368 g/mol. The number of aromatic nitrogens is 4. The number of hydrazone groups is 1. The number of thioether (sulfide) groups is 1. The fourth-order valence-corrected chi connectivity index (χ4v) is 2.57. The van der Waals surface area contributed by atoms with Gasteiger partial charge in [-0.25, -0.2) is 10.1 Å². The lowest BCUT2D eigenvalue weighted by Crippen LogP contribution is -2.16. The number of amides is 1. The molecule has 2 heterocycles. The average Bonchev–Trinajstić information content (AvgIpc) is 3.02. The van der Waals surface area contributed by atoms with Gasteiger partial charge >= 0.3 is 0 Å². The number of pyridine rings is 1. The van der Waals surface area contributed by atoms with Gasteiger partial charge in [0, 0.05) is 23.6 Å². The van der Waals surface area contributed by atoms with E-state index in [1.165, 1.54) is 16.4 Å². The van der Waals surface area contributed by atoms with E-state index in [4.69, 9.17) is 5.84 Å². The summed E-state index contributed by atoms with van der Waals surface area (Å²) in [6, 6.07) is 12.9. The van der Waals surface area contributed by atoms with Crippen LogP contribution in [0.25, 0.3) is 0 Å². The van der Waals surface area contributed by atoms with Gasteiger partial charge in [0.15, 0.2) is 0 Å². The highest BCUT2D eigenvalue weighted by atomic mass is 32.2. The smallest absolute Gasteiger partial charge is 0.264 e. The molecule has 3 aromatic rings. The zero-order chi connectivity index (χ0) is 18.2. The maximum atomic E-state index is 12.0. The van der Waals surface area contributed by atoms with Crippen molar-refractivity contribution in [3.05, 3.63) is 60.4 Å². The molecule has 0 aliphatic rings. The lowest BCUT2D eigenvalue weighted by molar-refractivity contribution is -0.113. The number of para-hydroxylation sites is 1. The van der Waals surface area contributed by atoms with Crippen LogP contribution in [0.3, 0.4) is 0 Å². The second-order valence-electron chi connectivity index (χ2n) is 5.04. The molecule has 0 fully saturated rings. The quantitative estimate of drug-likeness (QED) is 0.250. The number of rotatable bonds is 7. The number of nitrogens with zero attached hydrogens (tertiary/aromatic N) is 5. The molecule has 0 atom stereocenters. The van der Waals surface area contributed by atoms with Crippen LogP contribution in [0, 0.1) is 0 Å². The Balaban J connectivity index is 1.52. The highest BCUT2D eigenvalue weighted by Gasteiger charge is 2.12. The first kappa shape index (κ1) is 17.4. The summed E-state index contributed by atoms with van der Waals surface area (Å²) in [5.41, 5.74) is 4.27. The highest BCUT2D eigenvalue weighted by Crippen LogP contribution is 2.17. The lowest BCUT2D eigenvalue weighted by atomic mass is 10.3. The molecule has 2 aromatic heterocycles. The van der Waals surface area contributed by atoms with Crippen molar-refractivity contribution in [2.75, 3.05) is 22.3 Å². The van der Waals surface area contributed by atoms with E-state index < -0.39 is 0 Å². The molecule has 0 unspecified atom stereocenters. The van der Waals surface area contributed by atoms with Gasteiger partial charge in [-0.1, -0.05) is 36.0 Å². The van der Waals surface area contributed by atoms with Gasteiger partial charge in [0.05, 0.1) is 12.0 Å². The molecule has 132 valence electrons. The van der Waals surface area contributed by atoms with Crippen LogP contribution < -0.4 is 16.6 Å². The van der Waals surface area contributed by atoms with E-state index in [0.717, 1.165) is 11.3 Å². The molecular weight excluding hydrogens is 352 g/mol. The molecule has 1 aromatic carbocycles. The second-order valence-corrected chi connectivity index (χ2v) is 5.98. The van der Waals surface area contributed by atoms with Crippen LogP contribution in [-0.2, 0) is 4.79 Å². The number of anilines is 2. The normalized spacial score (nSPS) is 10.8. The second kappa shape index (κ2) is 8.62. The number of hydrogen-bond acceptors (Lipinski definition) is 8. The summed E-state index contributed by atoms with van der Waals surface area (Å²) in [5.74, 6) is 6.17. The highest BCUT2D eigenvalue weighted by molar-refractivity contribution is 7.99. The van der Waals surface area contributed by atoms with E-state index in [1.807, 2.05) is 42.5 Å². The molecule has 0 saturated heterocycles. The molecule has 0 spiro atoms. The van der Waals surface area contributed by atoms with Crippen LogP contribution >= 0.6 is 11.8 Å². The third-order valence-electron chi connectivity index (χ3n) is 3.12. The maximum Gasteiger partial charge on any atom is 0.264 e. The first-order chi connectivity index (χ1) is 12.7. The van der Waals surface area contributed by atoms with Gasteiger partial charge in [-0.15, -0.1) is 10.2 Å². The van der Waals surface area contributed by atoms with Crippen molar-refractivity contribution in [2.45, 2.75) is 5.16 Å². The van der Waals surface area contributed by atoms with Crippen LogP contribution in [0.15, 0.2) is 65.1 Å². The SMILES string of the molecule is Nn1c(N/N=C/c2cccnc2)nnc1SCC(=O)Nc1ccccc1. The summed E-state index contributed by atoms with van der Waals surface area (Å²) < 4.78 is 1.24. The average molecular weight is 368 g/mol. The number of carbonyl (C=O) groups is 1. The Morgan fingerprint density at radius 2 is 2.08 bits per heavy atom. The van der Waals surface area contributed by atoms with Gasteiger partial charge in [-0.2, -0.15) is 5.10 Å². The molecule has 0 aliphatic heterocycles. The van der Waals surface area contributed by atoms with Gasteiger partial charge in [-0.3, -0.25) is 9.78 Å². The van der Waals surface area contributed by atoms with Gasteiger partial charge in [-0.05, 0) is 18.2 Å². The minimum atomic E-state index is -0.159. The number of nitrogens with two attached hydrogens (primary N) is 1. The molecule has 0 saturated carbocycles. The molecule has 0 bridgehead atoms. The Hall–Kier alpha value is -3.40. The molecule has 9 nitrogen and oxygen atoms in total. The van der Waals surface area contributed by atoms with Crippen LogP contribution in [0.1, 0.15) is 5.56 Å². The van der Waals surface area contributed by atoms with Crippen LogP contribution in [0.5, 0.6) is 0 Å². The van der Waals surface area contributed by atoms with E-state index in [-0.39, 0.29) is 17.6 Å².